The van der Waals surface area contributed by atoms with Gasteiger partial charge < -0.3 is 4.55 Å². The van der Waals surface area contributed by atoms with E-state index in [0.29, 0.717) is 0 Å². The highest BCUT2D eigenvalue weighted by atomic mass is 32.2. The van der Waals surface area contributed by atoms with Crippen LogP contribution in [0.5, 0.6) is 0 Å². The van der Waals surface area contributed by atoms with Crippen LogP contribution < -0.4 is 0 Å². The highest BCUT2D eigenvalue weighted by molar-refractivity contribution is 7.95. The third-order valence-electron chi connectivity index (χ3n) is 2.91. The predicted octanol–water partition coefficient (Wildman–Crippen LogP) is 6.98. The molecule has 0 bridgehead atoms. The molecule has 0 fully saturated rings. The molecule has 1 N–H and O–H groups in total. The maximum atomic E-state index is 13.5. The second-order valence-electron chi connectivity index (χ2n) is 4.83. The first-order valence-electron chi connectivity index (χ1n) is 6.58. The van der Waals surface area contributed by atoms with Gasteiger partial charge >= 0.3 is 35.8 Å². The number of rotatable bonds is 7. The molecule has 2 unspecified atom stereocenters. The van der Waals surface area contributed by atoms with Crippen molar-refractivity contribution < 1.29 is 70.4 Å². The average Bonchev–Trinajstić information content (AvgIpc) is 2.52. The molecule has 0 saturated carbocycles. The maximum absolute atomic E-state index is 13.5. The van der Waals surface area contributed by atoms with Gasteiger partial charge in [0.1, 0.15) is 0 Å². The van der Waals surface area contributed by atoms with Crippen LogP contribution in [0.1, 0.15) is 20.8 Å². The molecule has 0 aromatic heterocycles. The van der Waals surface area contributed by atoms with Gasteiger partial charge in [0.2, 0.25) is 6.17 Å². The molecule has 0 aromatic carbocycles. The Hall–Kier alpha value is -0.740. The molecule has 0 rings (SSSR count). The summed E-state index contributed by atoms with van der Waals surface area (Å²) in [5.74, 6) is -37.2. The maximum Gasteiger partial charge on any atom is 0.424 e. The monoisotopic (exact) mass is 476 g/mol. The largest absolute Gasteiger partial charge is 0.424 e. The highest BCUT2D eigenvalue weighted by Crippen LogP contribution is 2.63. The van der Waals surface area contributed by atoms with E-state index in [0.717, 1.165) is 0 Å². The normalized spacial score (nSPS) is 18.1. The Balaban J connectivity index is 0. The third-order valence-corrected chi connectivity index (χ3v) is 3.64. The Bertz CT molecular complexity index is 496. The standard InChI is InChI=1S/C9H5F15OS.C2H6/c1-3(11,12)6(17,18)8(21,22)9(23,24)7(19,20)4(13,26-25)2(10)5(14,15)16;1-2/h2,25H,1H3;1-2H3. The fourth-order valence-corrected chi connectivity index (χ4v) is 1.83. The number of hydrogen-bond donors (Lipinski definition) is 1. The van der Waals surface area contributed by atoms with Crippen molar-refractivity contribution in [3.05, 3.63) is 0 Å². The summed E-state index contributed by atoms with van der Waals surface area (Å²) in [6.45, 7) is 2.87. The molecule has 0 aliphatic carbocycles. The van der Waals surface area contributed by atoms with E-state index < -0.39 is 65.9 Å². The summed E-state index contributed by atoms with van der Waals surface area (Å²) in [4.78, 5) is 0. The van der Waals surface area contributed by atoms with Crippen LogP contribution in [0.4, 0.5) is 65.9 Å². The molecule has 0 aliphatic heterocycles. The van der Waals surface area contributed by atoms with Crippen molar-refractivity contribution in [2.45, 2.75) is 67.7 Å². The van der Waals surface area contributed by atoms with E-state index in [1.165, 1.54) is 0 Å². The lowest BCUT2D eigenvalue weighted by atomic mass is 9.91. The fourth-order valence-electron chi connectivity index (χ4n) is 1.36. The quantitative estimate of drug-likeness (QED) is 0.316. The van der Waals surface area contributed by atoms with Gasteiger partial charge in [-0.05, 0) is 0 Å². The van der Waals surface area contributed by atoms with Crippen molar-refractivity contribution in [2.75, 3.05) is 0 Å². The minimum atomic E-state index is -8.02. The predicted molar refractivity (Wildman–Crippen MR) is 66.8 cm³/mol. The summed E-state index contributed by atoms with van der Waals surface area (Å²) in [5.41, 5.74) is 0. The molecule has 172 valence electrons. The van der Waals surface area contributed by atoms with Gasteiger partial charge in [0.05, 0.1) is 0 Å². The molecule has 17 heteroatoms. The van der Waals surface area contributed by atoms with Gasteiger partial charge in [-0.2, -0.15) is 57.1 Å². The van der Waals surface area contributed by atoms with Gasteiger partial charge in [0.25, 0.3) is 5.00 Å². The smallest absolute Gasteiger partial charge is 0.327 e. The molecule has 1 nitrogen and oxygen atoms in total. The number of hydrogen-bond acceptors (Lipinski definition) is 2. The van der Waals surface area contributed by atoms with Crippen LogP contribution in [0.25, 0.3) is 0 Å². The van der Waals surface area contributed by atoms with Crippen LogP contribution in [-0.4, -0.2) is 51.5 Å². The molecule has 0 heterocycles. The van der Waals surface area contributed by atoms with Crippen LogP contribution >= 0.6 is 12.0 Å². The van der Waals surface area contributed by atoms with Crippen LogP contribution in [0.15, 0.2) is 0 Å². The summed E-state index contributed by atoms with van der Waals surface area (Å²) in [6, 6.07) is 0. The van der Waals surface area contributed by atoms with Crippen molar-refractivity contribution in [1.82, 2.24) is 0 Å². The minimum absolute atomic E-state index is 1.13. The fraction of sp³-hybridized carbons (Fsp3) is 1.00. The molecule has 2 atom stereocenters. The summed E-state index contributed by atoms with van der Waals surface area (Å²) in [6.07, 6.45) is -12.6. The molecule has 0 aromatic rings. The second-order valence-corrected chi connectivity index (χ2v) is 5.60. The Morgan fingerprint density at radius 3 is 1.11 bits per heavy atom. The highest BCUT2D eigenvalue weighted by Gasteiger charge is 2.91. The van der Waals surface area contributed by atoms with Crippen molar-refractivity contribution in [2.24, 2.45) is 0 Å². The SMILES string of the molecule is CC.CC(F)(F)C(F)(F)C(F)(F)C(F)(F)C(F)(F)C(F)(SO)C(F)C(F)(F)F. The van der Waals surface area contributed by atoms with Crippen LogP contribution in [0.3, 0.4) is 0 Å². The first kappa shape index (κ1) is 29.5. The summed E-state index contributed by atoms with van der Waals surface area (Å²) in [7, 11) is 0. The zero-order valence-corrected chi connectivity index (χ0v) is 14.4. The third kappa shape index (κ3) is 4.23. The Kier molecular flexibility index (Phi) is 8.61. The summed E-state index contributed by atoms with van der Waals surface area (Å²) >= 11 is -2.68. The second kappa shape index (κ2) is 8.18. The lowest BCUT2D eigenvalue weighted by Crippen LogP contribution is -2.72. The van der Waals surface area contributed by atoms with E-state index in [-0.39, 0.29) is 0 Å². The van der Waals surface area contributed by atoms with Crippen molar-refractivity contribution >= 4 is 12.0 Å². The van der Waals surface area contributed by atoms with E-state index in [1.54, 1.807) is 0 Å². The Morgan fingerprint density at radius 2 is 0.893 bits per heavy atom. The summed E-state index contributed by atoms with van der Waals surface area (Å²) in [5, 5.41) is -6.70. The lowest BCUT2D eigenvalue weighted by molar-refractivity contribution is -0.412. The van der Waals surface area contributed by atoms with Gasteiger partial charge in [0, 0.05) is 19.0 Å². The minimum Gasteiger partial charge on any atom is -0.327 e. The molecular formula is C11H11F15OS. The number of halogens is 15. The Morgan fingerprint density at radius 1 is 0.607 bits per heavy atom. The molecular weight excluding hydrogens is 465 g/mol. The van der Waals surface area contributed by atoms with E-state index in [9.17, 15) is 65.9 Å². The molecule has 0 spiro atoms. The van der Waals surface area contributed by atoms with Gasteiger partial charge in [-0.25, -0.2) is 8.78 Å². The van der Waals surface area contributed by atoms with Gasteiger partial charge in [-0.15, -0.1) is 0 Å². The molecule has 0 radical (unpaired) electrons. The lowest BCUT2D eigenvalue weighted by Gasteiger charge is -2.43. The molecule has 28 heavy (non-hydrogen) atoms. The molecule has 0 amide bonds. The zero-order valence-electron chi connectivity index (χ0n) is 13.6. The average molecular weight is 476 g/mol. The first-order valence-corrected chi connectivity index (χ1v) is 7.35. The van der Waals surface area contributed by atoms with E-state index in [2.05, 4.69) is 0 Å². The first-order chi connectivity index (χ1) is 12.0. The van der Waals surface area contributed by atoms with Crippen LogP contribution in [0.2, 0.25) is 0 Å². The van der Waals surface area contributed by atoms with E-state index in [1.807, 2.05) is 13.8 Å². The zero-order chi connectivity index (χ0) is 23.8. The van der Waals surface area contributed by atoms with Crippen LogP contribution in [-0.2, 0) is 0 Å². The summed E-state index contributed by atoms with van der Waals surface area (Å²) < 4.78 is 200. The van der Waals surface area contributed by atoms with Crippen molar-refractivity contribution in [1.29, 1.82) is 0 Å². The van der Waals surface area contributed by atoms with Gasteiger partial charge in [0.15, 0.2) is 0 Å². The van der Waals surface area contributed by atoms with E-state index >= 15 is 0 Å². The Labute approximate surface area is 151 Å². The van der Waals surface area contributed by atoms with Gasteiger partial charge in [-0.1, -0.05) is 13.8 Å². The topological polar surface area (TPSA) is 20.2 Å². The van der Waals surface area contributed by atoms with E-state index in [4.69, 9.17) is 4.55 Å². The molecule has 0 saturated heterocycles. The van der Waals surface area contributed by atoms with Crippen LogP contribution in [0, 0.1) is 0 Å². The molecule has 0 aliphatic rings. The van der Waals surface area contributed by atoms with Crippen molar-refractivity contribution in [3.8, 4) is 0 Å². The number of alkyl halides is 15. The van der Waals surface area contributed by atoms with Crippen molar-refractivity contribution in [3.63, 3.8) is 0 Å². The van der Waals surface area contributed by atoms with Gasteiger partial charge in [-0.3, -0.25) is 0 Å².